The van der Waals surface area contributed by atoms with Crippen molar-refractivity contribution >= 4 is 18.4 Å². The largest absolute Gasteiger partial charge is 0.464 e. The number of rotatable bonds is 2. The molecule has 2 aliphatic rings. The van der Waals surface area contributed by atoms with Gasteiger partial charge in [0.05, 0.1) is 25.2 Å². The summed E-state index contributed by atoms with van der Waals surface area (Å²) in [6.07, 6.45) is 0. The quantitative estimate of drug-likeness (QED) is 0.705. The third-order valence-electron chi connectivity index (χ3n) is 3.03. The van der Waals surface area contributed by atoms with Gasteiger partial charge < -0.3 is 14.8 Å². The Hall–Kier alpha value is -0.390. The van der Waals surface area contributed by atoms with Gasteiger partial charge in [-0.2, -0.15) is 0 Å². The second-order valence-corrected chi connectivity index (χ2v) is 3.90. The van der Waals surface area contributed by atoms with Crippen LogP contribution in [0.1, 0.15) is 6.92 Å². The summed E-state index contributed by atoms with van der Waals surface area (Å²) < 4.78 is 24.1. The molecule has 0 aromatic carbocycles. The van der Waals surface area contributed by atoms with Crippen molar-refractivity contribution in [3.05, 3.63) is 0 Å². The minimum absolute atomic E-state index is 0. The molecular weight excluding hydrogens is 225 g/mol. The molecule has 0 amide bonds. The summed E-state index contributed by atoms with van der Waals surface area (Å²) >= 11 is 0. The first-order chi connectivity index (χ1) is 6.65. The number of hydrogen-bond acceptors (Lipinski definition) is 4. The summed E-state index contributed by atoms with van der Waals surface area (Å²) in [6.45, 7) is 3.01. The lowest BCUT2D eigenvalue weighted by atomic mass is 9.74. The van der Waals surface area contributed by atoms with Gasteiger partial charge in [-0.3, -0.25) is 0 Å². The highest BCUT2D eigenvalue weighted by molar-refractivity contribution is 5.85. The molecule has 2 heterocycles. The highest BCUT2D eigenvalue weighted by Crippen LogP contribution is 2.45. The fourth-order valence-corrected chi connectivity index (χ4v) is 2.02. The van der Waals surface area contributed by atoms with Crippen LogP contribution in [0.2, 0.25) is 0 Å². The van der Waals surface area contributed by atoms with Gasteiger partial charge in [-0.25, -0.2) is 9.18 Å². The van der Waals surface area contributed by atoms with Gasteiger partial charge in [-0.05, 0) is 6.92 Å². The second-order valence-electron chi connectivity index (χ2n) is 3.90. The molecule has 1 atom stereocenters. The normalized spacial score (nSPS) is 31.9. The number of nitrogens with one attached hydrogen (secondary N) is 1. The van der Waals surface area contributed by atoms with Crippen molar-refractivity contribution in [3.63, 3.8) is 0 Å². The van der Waals surface area contributed by atoms with Gasteiger partial charge in [0.1, 0.15) is 0 Å². The van der Waals surface area contributed by atoms with E-state index in [-0.39, 0.29) is 25.6 Å². The standard InChI is InChI=1S/C9H14FNO3.ClH/c1-2-14-7(12)9(10)4-11-3-8(9)5-13-6-8;/h11H,2-6H2,1H3;1H. The van der Waals surface area contributed by atoms with Gasteiger partial charge in [-0.1, -0.05) is 0 Å². The summed E-state index contributed by atoms with van der Waals surface area (Å²) in [5, 5.41) is 2.89. The van der Waals surface area contributed by atoms with Crippen molar-refractivity contribution < 1.29 is 18.7 Å². The van der Waals surface area contributed by atoms with Crippen molar-refractivity contribution in [1.82, 2.24) is 5.32 Å². The van der Waals surface area contributed by atoms with Crippen LogP contribution in [0.15, 0.2) is 0 Å². The van der Waals surface area contributed by atoms with Gasteiger partial charge in [-0.15, -0.1) is 12.4 Å². The number of carbonyl (C=O) groups excluding carboxylic acids is 1. The van der Waals surface area contributed by atoms with E-state index >= 15 is 0 Å². The molecule has 88 valence electrons. The minimum Gasteiger partial charge on any atom is -0.464 e. The third kappa shape index (κ3) is 1.62. The number of carbonyl (C=O) groups is 1. The zero-order chi connectivity index (χ0) is 10.2. The lowest BCUT2D eigenvalue weighted by molar-refractivity contribution is -0.196. The van der Waals surface area contributed by atoms with E-state index in [0.29, 0.717) is 19.8 Å². The Labute approximate surface area is 93.9 Å². The first-order valence-corrected chi connectivity index (χ1v) is 4.79. The van der Waals surface area contributed by atoms with Crippen molar-refractivity contribution in [2.75, 3.05) is 32.9 Å². The molecule has 2 fully saturated rings. The Morgan fingerprint density at radius 1 is 1.53 bits per heavy atom. The fraction of sp³-hybridized carbons (Fsp3) is 0.889. The number of hydrogen-bond donors (Lipinski definition) is 1. The van der Waals surface area contributed by atoms with Gasteiger partial charge in [0, 0.05) is 13.1 Å². The number of halogens is 2. The average Bonchev–Trinajstić information content (AvgIpc) is 2.44. The Morgan fingerprint density at radius 2 is 2.20 bits per heavy atom. The predicted molar refractivity (Wildman–Crippen MR) is 53.8 cm³/mol. The summed E-state index contributed by atoms with van der Waals surface area (Å²) in [4.78, 5) is 11.5. The van der Waals surface area contributed by atoms with Crippen molar-refractivity contribution in [3.8, 4) is 0 Å². The van der Waals surface area contributed by atoms with Crippen LogP contribution in [0.4, 0.5) is 4.39 Å². The topological polar surface area (TPSA) is 47.6 Å². The van der Waals surface area contributed by atoms with E-state index in [1.54, 1.807) is 6.92 Å². The average molecular weight is 240 g/mol. The summed E-state index contributed by atoms with van der Waals surface area (Å²) in [5.41, 5.74) is -2.58. The molecule has 2 saturated heterocycles. The zero-order valence-corrected chi connectivity index (χ0v) is 9.36. The molecule has 1 spiro atoms. The Bertz CT molecular complexity index is 260. The van der Waals surface area contributed by atoms with Crippen LogP contribution in [0, 0.1) is 5.41 Å². The predicted octanol–water partition coefficient (Wildman–Crippen LogP) is 0.299. The molecule has 0 aromatic rings. The van der Waals surface area contributed by atoms with Crippen LogP contribution in [0.3, 0.4) is 0 Å². The van der Waals surface area contributed by atoms with Gasteiger partial charge in [0.15, 0.2) is 0 Å². The smallest absolute Gasteiger partial charge is 0.346 e. The Balaban J connectivity index is 0.00000112. The first-order valence-electron chi connectivity index (χ1n) is 4.79. The molecule has 2 rings (SSSR count). The van der Waals surface area contributed by atoms with Gasteiger partial charge in [0.2, 0.25) is 5.67 Å². The van der Waals surface area contributed by atoms with E-state index in [1.807, 2.05) is 0 Å². The summed E-state index contributed by atoms with van der Waals surface area (Å²) in [5.74, 6) is -0.756. The summed E-state index contributed by atoms with van der Waals surface area (Å²) in [6, 6.07) is 0. The van der Waals surface area contributed by atoms with Gasteiger partial charge in [0.25, 0.3) is 0 Å². The van der Waals surface area contributed by atoms with E-state index in [4.69, 9.17) is 9.47 Å². The van der Waals surface area contributed by atoms with E-state index in [1.165, 1.54) is 0 Å². The summed E-state index contributed by atoms with van der Waals surface area (Å²) in [7, 11) is 0. The second kappa shape index (κ2) is 4.23. The third-order valence-corrected chi connectivity index (χ3v) is 3.03. The number of alkyl halides is 1. The van der Waals surface area contributed by atoms with E-state index in [2.05, 4.69) is 5.32 Å². The Kier molecular flexibility index (Phi) is 3.58. The molecule has 2 aliphatic heterocycles. The lowest BCUT2D eigenvalue weighted by Gasteiger charge is -2.43. The molecule has 0 aromatic heterocycles. The SMILES string of the molecule is CCOC(=O)C1(F)CNCC12COC2.Cl. The van der Waals surface area contributed by atoms with Crippen molar-refractivity contribution in [2.24, 2.45) is 5.41 Å². The molecule has 4 nitrogen and oxygen atoms in total. The molecule has 0 aliphatic carbocycles. The maximum atomic E-state index is 14.4. The molecule has 0 saturated carbocycles. The highest BCUT2D eigenvalue weighted by Gasteiger charge is 2.65. The van der Waals surface area contributed by atoms with Crippen LogP contribution >= 0.6 is 12.4 Å². The molecule has 0 bridgehead atoms. The van der Waals surface area contributed by atoms with Crippen molar-refractivity contribution in [2.45, 2.75) is 12.6 Å². The van der Waals surface area contributed by atoms with E-state index in [0.717, 1.165) is 0 Å². The highest BCUT2D eigenvalue weighted by atomic mass is 35.5. The molecule has 6 heteroatoms. The fourth-order valence-electron chi connectivity index (χ4n) is 2.02. The Morgan fingerprint density at radius 3 is 2.67 bits per heavy atom. The molecule has 0 radical (unpaired) electrons. The lowest BCUT2D eigenvalue weighted by Crippen LogP contribution is -2.61. The minimum atomic E-state index is -1.90. The maximum Gasteiger partial charge on any atom is 0.346 e. The van der Waals surface area contributed by atoms with Crippen LogP contribution in [0.5, 0.6) is 0 Å². The maximum absolute atomic E-state index is 14.4. The van der Waals surface area contributed by atoms with Crippen LogP contribution < -0.4 is 5.32 Å². The number of esters is 1. The molecule has 1 unspecified atom stereocenters. The van der Waals surface area contributed by atoms with E-state index in [9.17, 15) is 9.18 Å². The van der Waals surface area contributed by atoms with Crippen LogP contribution in [0.25, 0.3) is 0 Å². The van der Waals surface area contributed by atoms with Gasteiger partial charge >= 0.3 is 5.97 Å². The molecule has 15 heavy (non-hydrogen) atoms. The monoisotopic (exact) mass is 239 g/mol. The molecular formula is C9H15ClFNO3. The number of ether oxygens (including phenoxy) is 2. The van der Waals surface area contributed by atoms with Crippen LogP contribution in [-0.4, -0.2) is 44.5 Å². The van der Waals surface area contributed by atoms with E-state index < -0.39 is 17.1 Å². The van der Waals surface area contributed by atoms with Crippen molar-refractivity contribution in [1.29, 1.82) is 0 Å². The first kappa shape index (κ1) is 12.7. The zero-order valence-electron chi connectivity index (χ0n) is 8.55. The molecule has 1 N–H and O–H groups in total. The van der Waals surface area contributed by atoms with Crippen LogP contribution in [-0.2, 0) is 14.3 Å².